The molecule has 0 aliphatic rings. The van der Waals surface area contributed by atoms with Crippen LogP contribution in [0.2, 0.25) is 0 Å². The average molecular weight is 297 g/mol. The number of hydrogen-bond donors (Lipinski definition) is 2. The molecule has 6 heteroatoms. The average Bonchev–Trinajstić information content (AvgIpc) is 2.43. The quantitative estimate of drug-likeness (QED) is 0.415. The Morgan fingerprint density at radius 1 is 1.25 bits per heavy atom. The normalized spacial score (nSPS) is 11.2. The van der Waals surface area contributed by atoms with Crippen molar-refractivity contribution in [2.45, 2.75) is 38.4 Å². The van der Waals surface area contributed by atoms with Gasteiger partial charge < -0.3 is 15.5 Å². The van der Waals surface area contributed by atoms with Crippen LogP contribution in [0, 0.1) is 0 Å². The van der Waals surface area contributed by atoms with Gasteiger partial charge in [0, 0.05) is 25.2 Å². The molecule has 0 atom stereocenters. The van der Waals surface area contributed by atoms with Gasteiger partial charge in [0.15, 0.2) is 5.16 Å². The number of rotatable bonds is 9. The lowest BCUT2D eigenvalue weighted by Crippen LogP contribution is -2.28. The highest BCUT2D eigenvalue weighted by atomic mass is 32.2. The standard InChI is InChI=1S/C14H27N5S/c1-6-15-12-10-13(18-14(17-12)20-5)16-8-7-9-19(4)11(2)3/h10-11H,6-9H2,1-5H3,(H2,15,16,17,18). The van der Waals surface area contributed by atoms with Crippen molar-refractivity contribution in [3.63, 3.8) is 0 Å². The van der Waals surface area contributed by atoms with Crippen molar-refractivity contribution in [3.8, 4) is 0 Å². The van der Waals surface area contributed by atoms with E-state index in [0.717, 1.165) is 42.8 Å². The summed E-state index contributed by atoms with van der Waals surface area (Å²) in [5.74, 6) is 1.78. The fraction of sp³-hybridized carbons (Fsp3) is 0.714. The van der Waals surface area contributed by atoms with Crippen LogP contribution >= 0.6 is 11.8 Å². The molecule has 0 bridgehead atoms. The van der Waals surface area contributed by atoms with Gasteiger partial charge in [-0.1, -0.05) is 11.8 Å². The van der Waals surface area contributed by atoms with Gasteiger partial charge in [0.25, 0.3) is 0 Å². The second-order valence-corrected chi connectivity index (χ2v) is 5.78. The Kier molecular flexibility index (Phi) is 7.69. The Morgan fingerprint density at radius 2 is 1.90 bits per heavy atom. The fourth-order valence-electron chi connectivity index (χ4n) is 1.68. The smallest absolute Gasteiger partial charge is 0.191 e. The molecule has 0 aliphatic carbocycles. The Labute approximate surface area is 127 Å². The Morgan fingerprint density at radius 3 is 2.45 bits per heavy atom. The van der Waals surface area contributed by atoms with Crippen LogP contribution in [0.5, 0.6) is 0 Å². The molecule has 20 heavy (non-hydrogen) atoms. The lowest BCUT2D eigenvalue weighted by Gasteiger charge is -2.20. The zero-order chi connectivity index (χ0) is 15.0. The van der Waals surface area contributed by atoms with E-state index in [4.69, 9.17) is 0 Å². The SMILES string of the molecule is CCNc1cc(NCCCN(C)C(C)C)nc(SC)n1. The Hall–Kier alpha value is -1.01. The van der Waals surface area contributed by atoms with Crippen molar-refractivity contribution in [1.29, 1.82) is 0 Å². The Bertz CT molecular complexity index is 397. The van der Waals surface area contributed by atoms with E-state index in [1.54, 1.807) is 11.8 Å². The second-order valence-electron chi connectivity index (χ2n) is 5.01. The first-order valence-corrected chi connectivity index (χ1v) is 8.40. The second kappa shape index (κ2) is 9.02. The number of hydrogen-bond acceptors (Lipinski definition) is 6. The zero-order valence-electron chi connectivity index (χ0n) is 13.2. The molecule has 0 fully saturated rings. The molecule has 1 aromatic rings. The van der Waals surface area contributed by atoms with E-state index in [1.165, 1.54) is 0 Å². The van der Waals surface area contributed by atoms with Crippen LogP contribution in [0.1, 0.15) is 27.2 Å². The van der Waals surface area contributed by atoms with Crippen molar-refractivity contribution >= 4 is 23.4 Å². The summed E-state index contributed by atoms with van der Waals surface area (Å²) < 4.78 is 0. The summed E-state index contributed by atoms with van der Waals surface area (Å²) >= 11 is 1.56. The summed E-state index contributed by atoms with van der Waals surface area (Å²) in [7, 11) is 2.16. The van der Waals surface area contributed by atoms with Gasteiger partial charge >= 0.3 is 0 Å². The van der Waals surface area contributed by atoms with Gasteiger partial charge in [-0.3, -0.25) is 0 Å². The summed E-state index contributed by atoms with van der Waals surface area (Å²) in [6.45, 7) is 9.37. The molecule has 0 unspecified atom stereocenters. The molecule has 2 N–H and O–H groups in total. The van der Waals surface area contributed by atoms with E-state index in [-0.39, 0.29) is 0 Å². The molecular weight excluding hydrogens is 270 g/mol. The molecule has 114 valence electrons. The van der Waals surface area contributed by atoms with Crippen LogP contribution in [-0.2, 0) is 0 Å². The summed E-state index contributed by atoms with van der Waals surface area (Å²) in [5.41, 5.74) is 0. The van der Waals surface area contributed by atoms with Crippen LogP contribution < -0.4 is 10.6 Å². The number of anilines is 2. The van der Waals surface area contributed by atoms with Gasteiger partial charge in [-0.2, -0.15) is 0 Å². The lowest BCUT2D eigenvalue weighted by atomic mass is 10.3. The topological polar surface area (TPSA) is 53.1 Å². The molecule has 0 aromatic carbocycles. The minimum atomic E-state index is 0.595. The maximum atomic E-state index is 4.47. The molecule has 0 radical (unpaired) electrons. The molecule has 0 saturated heterocycles. The first kappa shape index (κ1) is 17.0. The third kappa shape index (κ3) is 5.96. The molecule has 1 aromatic heterocycles. The highest BCUT2D eigenvalue weighted by Gasteiger charge is 2.04. The molecule has 5 nitrogen and oxygen atoms in total. The van der Waals surface area contributed by atoms with Crippen LogP contribution in [0.25, 0.3) is 0 Å². The van der Waals surface area contributed by atoms with E-state index in [0.29, 0.717) is 6.04 Å². The molecular formula is C14H27N5S. The first-order valence-electron chi connectivity index (χ1n) is 7.17. The van der Waals surface area contributed by atoms with E-state index < -0.39 is 0 Å². The van der Waals surface area contributed by atoms with Crippen molar-refractivity contribution < 1.29 is 0 Å². The van der Waals surface area contributed by atoms with Crippen molar-refractivity contribution in [1.82, 2.24) is 14.9 Å². The van der Waals surface area contributed by atoms with E-state index in [2.05, 4.69) is 53.3 Å². The highest BCUT2D eigenvalue weighted by molar-refractivity contribution is 7.98. The third-order valence-electron chi connectivity index (χ3n) is 3.12. The van der Waals surface area contributed by atoms with E-state index in [9.17, 15) is 0 Å². The van der Waals surface area contributed by atoms with Crippen molar-refractivity contribution in [2.75, 3.05) is 43.6 Å². The van der Waals surface area contributed by atoms with Crippen molar-refractivity contribution in [3.05, 3.63) is 6.07 Å². The summed E-state index contributed by atoms with van der Waals surface area (Å²) in [4.78, 5) is 11.2. The molecule has 1 rings (SSSR count). The number of nitrogens with one attached hydrogen (secondary N) is 2. The summed E-state index contributed by atoms with van der Waals surface area (Å²) in [5, 5.41) is 7.41. The largest absolute Gasteiger partial charge is 0.370 e. The number of nitrogens with zero attached hydrogens (tertiary/aromatic N) is 3. The van der Waals surface area contributed by atoms with Gasteiger partial charge in [-0.25, -0.2) is 9.97 Å². The van der Waals surface area contributed by atoms with Gasteiger partial charge in [0.05, 0.1) is 0 Å². The molecule has 0 spiro atoms. The lowest BCUT2D eigenvalue weighted by molar-refractivity contribution is 0.273. The van der Waals surface area contributed by atoms with Gasteiger partial charge in [-0.15, -0.1) is 0 Å². The monoisotopic (exact) mass is 297 g/mol. The maximum absolute atomic E-state index is 4.47. The summed E-state index contributed by atoms with van der Waals surface area (Å²) in [6, 6.07) is 2.56. The van der Waals surface area contributed by atoms with Crippen LogP contribution in [0.4, 0.5) is 11.6 Å². The zero-order valence-corrected chi connectivity index (χ0v) is 14.0. The molecule has 0 amide bonds. The van der Waals surface area contributed by atoms with Gasteiger partial charge in [-0.05, 0) is 47.0 Å². The van der Waals surface area contributed by atoms with Crippen LogP contribution in [0.15, 0.2) is 11.2 Å². The fourth-order valence-corrected chi connectivity index (χ4v) is 2.06. The molecule has 1 heterocycles. The first-order chi connectivity index (χ1) is 9.56. The predicted molar refractivity (Wildman–Crippen MR) is 88.8 cm³/mol. The maximum Gasteiger partial charge on any atom is 0.191 e. The van der Waals surface area contributed by atoms with Crippen LogP contribution in [0.3, 0.4) is 0 Å². The minimum Gasteiger partial charge on any atom is -0.370 e. The predicted octanol–water partition coefficient (Wildman–Crippen LogP) is 2.77. The van der Waals surface area contributed by atoms with E-state index >= 15 is 0 Å². The summed E-state index contributed by atoms with van der Waals surface area (Å²) in [6.07, 6.45) is 3.09. The highest BCUT2D eigenvalue weighted by Crippen LogP contribution is 2.17. The number of thioether (sulfide) groups is 1. The van der Waals surface area contributed by atoms with E-state index in [1.807, 2.05) is 12.3 Å². The Balaban J connectivity index is 2.48. The van der Waals surface area contributed by atoms with Gasteiger partial charge in [0.1, 0.15) is 11.6 Å². The molecule has 0 aliphatic heterocycles. The minimum absolute atomic E-state index is 0.595. The third-order valence-corrected chi connectivity index (χ3v) is 3.67. The van der Waals surface area contributed by atoms with Crippen molar-refractivity contribution in [2.24, 2.45) is 0 Å². The van der Waals surface area contributed by atoms with Gasteiger partial charge in [0.2, 0.25) is 0 Å². The molecule has 0 saturated carbocycles. The number of aromatic nitrogens is 2. The van der Waals surface area contributed by atoms with Crippen LogP contribution in [-0.4, -0.2) is 53.8 Å².